The first-order valence-electron chi connectivity index (χ1n) is 6.47. The van der Waals surface area contributed by atoms with E-state index in [9.17, 15) is 5.11 Å². The second kappa shape index (κ2) is 4.96. The largest absolute Gasteiger partial charge is 0.458 e. The number of nitrogens with zero attached hydrogens (tertiary/aromatic N) is 2. The molecule has 0 spiro atoms. The molecule has 3 aromatic rings. The van der Waals surface area contributed by atoms with Gasteiger partial charge in [-0.3, -0.25) is 4.68 Å². The molecule has 0 amide bonds. The summed E-state index contributed by atoms with van der Waals surface area (Å²) in [6, 6.07) is 9.57. The molecule has 20 heavy (non-hydrogen) atoms. The molecular formula is C15H15ClN2O2. The van der Waals surface area contributed by atoms with Crippen molar-refractivity contribution in [3.63, 3.8) is 0 Å². The maximum absolute atomic E-state index is 10.6. The molecule has 0 saturated carbocycles. The van der Waals surface area contributed by atoms with Crippen LogP contribution in [0.1, 0.15) is 37.4 Å². The minimum absolute atomic E-state index is 0.108. The summed E-state index contributed by atoms with van der Waals surface area (Å²) in [5.74, 6) is 0.468. The molecule has 0 aliphatic rings. The lowest BCUT2D eigenvalue weighted by molar-refractivity contribution is 0.179. The number of aromatic nitrogens is 2. The zero-order valence-corrected chi connectivity index (χ0v) is 12.0. The van der Waals surface area contributed by atoms with Gasteiger partial charge in [0, 0.05) is 11.4 Å². The van der Waals surface area contributed by atoms with Crippen molar-refractivity contribution in [2.45, 2.75) is 26.0 Å². The number of hydrogen-bond acceptors (Lipinski definition) is 3. The van der Waals surface area contributed by atoms with Gasteiger partial charge in [0.2, 0.25) is 0 Å². The van der Waals surface area contributed by atoms with Crippen molar-refractivity contribution in [2.24, 2.45) is 0 Å². The van der Waals surface area contributed by atoms with E-state index in [1.165, 1.54) is 0 Å². The summed E-state index contributed by atoms with van der Waals surface area (Å²) in [6.07, 6.45) is 0.614. The van der Waals surface area contributed by atoms with Gasteiger partial charge in [0.25, 0.3) is 0 Å². The summed E-state index contributed by atoms with van der Waals surface area (Å²) in [6.45, 7) is 3.97. The summed E-state index contributed by atoms with van der Waals surface area (Å²) in [7, 11) is 0. The molecule has 2 heterocycles. The highest BCUT2D eigenvalue weighted by atomic mass is 35.5. The number of para-hydroxylation sites is 1. The summed E-state index contributed by atoms with van der Waals surface area (Å²) < 4.78 is 7.40. The SMILES string of the molecule is CC(C)n1ncc(Cl)c1C(O)c1cc2ccccc2o1. The standard InChI is InChI=1S/C15H15ClN2O2/c1-9(2)18-14(11(16)8-17-18)15(19)13-7-10-5-3-4-6-12(10)20-13/h3-9,15,19H,1-2H3. The molecule has 0 fully saturated rings. The maximum Gasteiger partial charge on any atom is 0.155 e. The lowest BCUT2D eigenvalue weighted by Crippen LogP contribution is -2.12. The number of aliphatic hydroxyl groups is 1. The monoisotopic (exact) mass is 290 g/mol. The number of rotatable bonds is 3. The van der Waals surface area contributed by atoms with Crippen LogP contribution in [0.3, 0.4) is 0 Å². The van der Waals surface area contributed by atoms with Gasteiger partial charge < -0.3 is 9.52 Å². The molecule has 3 rings (SSSR count). The minimum atomic E-state index is -0.931. The molecule has 5 heteroatoms. The highest BCUT2D eigenvalue weighted by Crippen LogP contribution is 2.32. The van der Waals surface area contributed by atoms with Gasteiger partial charge in [-0.15, -0.1) is 0 Å². The Kier molecular flexibility index (Phi) is 3.28. The quantitative estimate of drug-likeness (QED) is 0.795. The Bertz CT molecular complexity index is 712. The highest BCUT2D eigenvalue weighted by Gasteiger charge is 2.24. The zero-order chi connectivity index (χ0) is 14.3. The molecule has 0 bridgehead atoms. The van der Waals surface area contributed by atoms with E-state index < -0.39 is 6.10 Å². The average Bonchev–Trinajstić information content (AvgIpc) is 3.01. The fourth-order valence-corrected chi connectivity index (χ4v) is 2.52. The molecule has 1 unspecified atom stereocenters. The van der Waals surface area contributed by atoms with Crippen LogP contribution in [0, 0.1) is 0 Å². The fourth-order valence-electron chi connectivity index (χ4n) is 2.29. The van der Waals surface area contributed by atoms with Crippen molar-refractivity contribution in [2.75, 3.05) is 0 Å². The van der Waals surface area contributed by atoms with E-state index in [2.05, 4.69) is 5.10 Å². The van der Waals surface area contributed by atoms with Gasteiger partial charge in [-0.1, -0.05) is 29.8 Å². The van der Waals surface area contributed by atoms with Gasteiger partial charge in [0.15, 0.2) is 6.10 Å². The normalized spacial score (nSPS) is 13.2. The van der Waals surface area contributed by atoms with Crippen LogP contribution in [-0.4, -0.2) is 14.9 Å². The van der Waals surface area contributed by atoms with E-state index in [1.807, 2.05) is 44.2 Å². The number of fused-ring (bicyclic) bond motifs is 1. The van der Waals surface area contributed by atoms with Crippen molar-refractivity contribution in [3.8, 4) is 0 Å². The predicted octanol–water partition coefficient (Wildman–Crippen LogP) is 3.95. The summed E-state index contributed by atoms with van der Waals surface area (Å²) >= 11 is 6.15. The van der Waals surface area contributed by atoms with E-state index in [4.69, 9.17) is 16.0 Å². The Morgan fingerprint density at radius 2 is 2.05 bits per heavy atom. The van der Waals surface area contributed by atoms with Gasteiger partial charge >= 0.3 is 0 Å². The number of furan rings is 1. The number of benzene rings is 1. The maximum atomic E-state index is 10.6. The Balaban J connectivity index is 2.08. The summed E-state index contributed by atoms with van der Waals surface area (Å²) in [4.78, 5) is 0. The van der Waals surface area contributed by atoms with Crippen LogP contribution in [0.25, 0.3) is 11.0 Å². The van der Waals surface area contributed by atoms with Crippen LogP contribution in [0.5, 0.6) is 0 Å². The molecule has 0 radical (unpaired) electrons. The van der Waals surface area contributed by atoms with Gasteiger partial charge in [-0.25, -0.2) is 0 Å². The number of halogens is 1. The third-order valence-corrected chi connectivity index (χ3v) is 3.54. The Labute approximate surface area is 121 Å². The second-order valence-electron chi connectivity index (χ2n) is 5.01. The Morgan fingerprint density at radius 1 is 1.30 bits per heavy atom. The molecule has 104 valence electrons. The molecule has 1 N–H and O–H groups in total. The lowest BCUT2D eigenvalue weighted by atomic mass is 10.1. The van der Waals surface area contributed by atoms with E-state index in [1.54, 1.807) is 10.9 Å². The Hall–Kier alpha value is -1.78. The van der Waals surface area contributed by atoms with Crippen LogP contribution in [0.2, 0.25) is 5.02 Å². The molecule has 0 aliphatic carbocycles. The van der Waals surface area contributed by atoms with Crippen LogP contribution >= 0.6 is 11.6 Å². The van der Waals surface area contributed by atoms with Crippen molar-refractivity contribution in [3.05, 3.63) is 53.0 Å². The van der Waals surface area contributed by atoms with Gasteiger partial charge in [-0.2, -0.15) is 5.10 Å². The van der Waals surface area contributed by atoms with Crippen molar-refractivity contribution < 1.29 is 9.52 Å². The van der Waals surface area contributed by atoms with Crippen molar-refractivity contribution >= 4 is 22.6 Å². The number of aliphatic hydroxyl groups excluding tert-OH is 1. The van der Waals surface area contributed by atoms with E-state index in [-0.39, 0.29) is 6.04 Å². The summed E-state index contributed by atoms with van der Waals surface area (Å²) in [5, 5.41) is 16.1. The van der Waals surface area contributed by atoms with E-state index in [0.717, 1.165) is 11.0 Å². The molecule has 0 aliphatic heterocycles. The van der Waals surface area contributed by atoms with Gasteiger partial charge in [-0.05, 0) is 26.0 Å². The van der Waals surface area contributed by atoms with Crippen molar-refractivity contribution in [1.29, 1.82) is 0 Å². The first kappa shape index (κ1) is 13.2. The zero-order valence-electron chi connectivity index (χ0n) is 11.2. The Morgan fingerprint density at radius 3 is 2.75 bits per heavy atom. The molecule has 1 atom stereocenters. The highest BCUT2D eigenvalue weighted by molar-refractivity contribution is 6.31. The van der Waals surface area contributed by atoms with Crippen molar-refractivity contribution in [1.82, 2.24) is 9.78 Å². The molecule has 0 saturated heterocycles. The van der Waals surface area contributed by atoms with Crippen LogP contribution in [0.15, 0.2) is 40.9 Å². The predicted molar refractivity (Wildman–Crippen MR) is 77.9 cm³/mol. The average molecular weight is 291 g/mol. The molecule has 1 aromatic carbocycles. The topological polar surface area (TPSA) is 51.2 Å². The minimum Gasteiger partial charge on any atom is -0.458 e. The van der Waals surface area contributed by atoms with Crippen LogP contribution in [-0.2, 0) is 0 Å². The van der Waals surface area contributed by atoms with Gasteiger partial charge in [0.1, 0.15) is 11.3 Å². The third kappa shape index (κ3) is 2.11. The summed E-state index contributed by atoms with van der Waals surface area (Å²) in [5.41, 5.74) is 1.30. The lowest BCUT2D eigenvalue weighted by Gasteiger charge is -2.14. The van der Waals surface area contributed by atoms with Crippen LogP contribution in [0.4, 0.5) is 0 Å². The molecular weight excluding hydrogens is 276 g/mol. The first-order valence-corrected chi connectivity index (χ1v) is 6.85. The van der Waals surface area contributed by atoms with E-state index >= 15 is 0 Å². The van der Waals surface area contributed by atoms with Crippen LogP contribution < -0.4 is 0 Å². The second-order valence-corrected chi connectivity index (χ2v) is 5.41. The fraction of sp³-hybridized carbons (Fsp3) is 0.267. The smallest absolute Gasteiger partial charge is 0.155 e. The molecule has 4 nitrogen and oxygen atoms in total. The molecule has 2 aromatic heterocycles. The van der Waals surface area contributed by atoms with E-state index in [0.29, 0.717) is 16.5 Å². The number of hydrogen-bond donors (Lipinski definition) is 1. The first-order chi connectivity index (χ1) is 9.58. The van der Waals surface area contributed by atoms with Gasteiger partial charge in [0.05, 0.1) is 16.9 Å². The third-order valence-electron chi connectivity index (χ3n) is 3.25.